The molecule has 0 bridgehead atoms. The van der Waals surface area contributed by atoms with Crippen LogP contribution in [-0.4, -0.2) is 6.04 Å². The summed E-state index contributed by atoms with van der Waals surface area (Å²) in [5.74, 6) is 0. The zero-order valence-electron chi connectivity index (χ0n) is 9.42. The van der Waals surface area contributed by atoms with Crippen molar-refractivity contribution < 1.29 is 13.2 Å². The Balaban J connectivity index is 2.77. The lowest BCUT2D eigenvalue weighted by molar-refractivity contribution is -0.137. The van der Waals surface area contributed by atoms with E-state index >= 15 is 0 Å². The zero-order chi connectivity index (χ0) is 14.5. The van der Waals surface area contributed by atoms with Gasteiger partial charge in [-0.1, -0.05) is 11.6 Å². The van der Waals surface area contributed by atoms with E-state index in [-0.39, 0.29) is 17.1 Å². The van der Waals surface area contributed by atoms with E-state index in [0.717, 1.165) is 18.2 Å². The first-order valence-corrected chi connectivity index (χ1v) is 5.41. The van der Waals surface area contributed by atoms with Crippen molar-refractivity contribution in [2.75, 3.05) is 5.43 Å². The Hall–Kier alpha value is -1.96. The molecular weight excluding hydrogens is 281 g/mol. The first-order valence-electron chi connectivity index (χ1n) is 5.03. The fourth-order valence-electron chi connectivity index (χ4n) is 1.18. The molecule has 0 aliphatic rings. The number of nitrogens with one attached hydrogen (secondary N) is 2. The Morgan fingerprint density at radius 3 is 2.47 bits per heavy atom. The van der Waals surface area contributed by atoms with Crippen LogP contribution in [0.1, 0.15) is 12.0 Å². The van der Waals surface area contributed by atoms with Gasteiger partial charge in [0.25, 0.3) is 0 Å². The summed E-state index contributed by atoms with van der Waals surface area (Å²) in [5, 5.41) is 17.0. The van der Waals surface area contributed by atoms with Gasteiger partial charge < -0.3 is 5.43 Å². The van der Waals surface area contributed by atoms with Gasteiger partial charge >= 0.3 is 6.18 Å². The van der Waals surface area contributed by atoms with Crippen molar-refractivity contribution in [3.05, 3.63) is 28.8 Å². The van der Waals surface area contributed by atoms with Gasteiger partial charge in [-0.25, -0.2) is 5.43 Å². The zero-order valence-corrected chi connectivity index (χ0v) is 10.2. The van der Waals surface area contributed by atoms with Crippen LogP contribution in [0.15, 0.2) is 18.2 Å². The third-order valence-corrected chi connectivity index (χ3v) is 2.44. The molecular formula is C11H8ClF3N4. The summed E-state index contributed by atoms with van der Waals surface area (Å²) in [6, 6.07) is 5.59. The highest BCUT2D eigenvalue weighted by molar-refractivity contribution is 6.33. The first-order chi connectivity index (χ1) is 8.88. The quantitative estimate of drug-likeness (QED) is 0.835. The molecule has 0 heterocycles. The van der Waals surface area contributed by atoms with Crippen molar-refractivity contribution in [1.82, 2.24) is 5.43 Å². The van der Waals surface area contributed by atoms with Gasteiger partial charge in [0.1, 0.15) is 6.04 Å². The lowest BCUT2D eigenvalue weighted by atomic mass is 10.2. The van der Waals surface area contributed by atoms with Crippen LogP contribution in [0.25, 0.3) is 0 Å². The Morgan fingerprint density at radius 2 is 2.00 bits per heavy atom. The highest BCUT2D eigenvalue weighted by Gasteiger charge is 2.30. The lowest BCUT2D eigenvalue weighted by Gasteiger charge is -2.14. The summed E-state index contributed by atoms with van der Waals surface area (Å²) >= 11 is 5.69. The number of halogens is 4. The number of benzene rings is 1. The molecule has 0 radical (unpaired) electrons. The molecule has 19 heavy (non-hydrogen) atoms. The summed E-state index contributed by atoms with van der Waals surface area (Å²) in [7, 11) is 0. The molecule has 0 saturated heterocycles. The second kappa shape index (κ2) is 6.28. The average molecular weight is 289 g/mol. The molecule has 100 valence electrons. The third kappa shape index (κ3) is 4.32. The molecule has 1 unspecified atom stereocenters. The first kappa shape index (κ1) is 15.1. The molecule has 0 saturated carbocycles. The van der Waals surface area contributed by atoms with E-state index in [1.165, 1.54) is 0 Å². The molecule has 2 N–H and O–H groups in total. The maximum absolute atomic E-state index is 12.4. The van der Waals surface area contributed by atoms with E-state index in [2.05, 4.69) is 10.9 Å². The molecule has 8 heteroatoms. The van der Waals surface area contributed by atoms with Crippen LogP contribution in [0.2, 0.25) is 5.02 Å². The molecule has 0 aliphatic carbocycles. The van der Waals surface area contributed by atoms with Crippen LogP contribution >= 0.6 is 11.6 Å². The van der Waals surface area contributed by atoms with E-state index in [1.54, 1.807) is 6.07 Å². The Morgan fingerprint density at radius 1 is 1.32 bits per heavy atom. The summed E-state index contributed by atoms with van der Waals surface area (Å²) in [4.78, 5) is 0. The predicted molar refractivity (Wildman–Crippen MR) is 62.8 cm³/mol. The van der Waals surface area contributed by atoms with Crippen molar-refractivity contribution in [3.8, 4) is 12.1 Å². The van der Waals surface area contributed by atoms with Crippen molar-refractivity contribution in [2.45, 2.75) is 18.6 Å². The molecule has 1 atom stereocenters. The van der Waals surface area contributed by atoms with Gasteiger partial charge in [-0.2, -0.15) is 23.7 Å². The van der Waals surface area contributed by atoms with E-state index < -0.39 is 17.8 Å². The summed E-state index contributed by atoms with van der Waals surface area (Å²) in [6.07, 6.45) is -4.53. The predicted octanol–water partition coefficient (Wildman–Crippen LogP) is 3.08. The van der Waals surface area contributed by atoms with Gasteiger partial charge in [0.15, 0.2) is 0 Å². The number of nitrogens with zero attached hydrogens (tertiary/aromatic N) is 2. The molecule has 0 aromatic heterocycles. The minimum atomic E-state index is -4.47. The second-order valence-electron chi connectivity index (χ2n) is 3.51. The minimum Gasteiger partial charge on any atom is -0.319 e. The Kier molecular flexibility index (Phi) is 4.99. The normalized spacial score (nSPS) is 12.3. The van der Waals surface area contributed by atoms with Gasteiger partial charge in [0, 0.05) is 0 Å². The van der Waals surface area contributed by atoms with Crippen molar-refractivity contribution >= 4 is 17.3 Å². The summed E-state index contributed by atoms with van der Waals surface area (Å²) < 4.78 is 37.2. The molecule has 0 fully saturated rings. The number of alkyl halides is 3. The molecule has 0 spiro atoms. The minimum absolute atomic E-state index is 0.0677. The van der Waals surface area contributed by atoms with E-state index in [0.29, 0.717) is 0 Å². The number of hydrogen-bond donors (Lipinski definition) is 2. The molecule has 1 aromatic rings. The van der Waals surface area contributed by atoms with Gasteiger partial charge in [-0.3, -0.25) is 0 Å². The van der Waals surface area contributed by atoms with Crippen LogP contribution in [-0.2, 0) is 6.18 Å². The van der Waals surface area contributed by atoms with Crippen LogP contribution in [0.3, 0.4) is 0 Å². The third-order valence-electron chi connectivity index (χ3n) is 2.13. The molecule has 0 amide bonds. The highest BCUT2D eigenvalue weighted by Crippen LogP contribution is 2.33. The number of hydrogen-bond acceptors (Lipinski definition) is 4. The number of nitriles is 2. The number of anilines is 1. The maximum atomic E-state index is 12.4. The Labute approximate surface area is 112 Å². The van der Waals surface area contributed by atoms with Crippen molar-refractivity contribution in [1.29, 1.82) is 10.5 Å². The Bertz CT molecular complexity index is 530. The maximum Gasteiger partial charge on any atom is 0.416 e. The van der Waals surface area contributed by atoms with Crippen molar-refractivity contribution in [3.63, 3.8) is 0 Å². The van der Waals surface area contributed by atoms with Gasteiger partial charge in [0.2, 0.25) is 0 Å². The monoisotopic (exact) mass is 288 g/mol. The molecule has 1 rings (SSSR count). The molecule has 0 aliphatic heterocycles. The highest BCUT2D eigenvalue weighted by atomic mass is 35.5. The lowest BCUT2D eigenvalue weighted by Crippen LogP contribution is -2.32. The fourth-order valence-corrected chi connectivity index (χ4v) is 1.41. The van der Waals surface area contributed by atoms with Crippen molar-refractivity contribution in [2.24, 2.45) is 0 Å². The van der Waals surface area contributed by atoms with Gasteiger partial charge in [-0.05, 0) is 18.2 Å². The largest absolute Gasteiger partial charge is 0.416 e. The van der Waals surface area contributed by atoms with E-state index in [9.17, 15) is 13.2 Å². The standard InChI is InChI=1S/C11H8ClF3N4/c12-9-5-7(11(13,14)15)1-2-10(9)19-18-8(6-17)3-4-16/h1-2,5,8,18-19H,3H2. The second-order valence-corrected chi connectivity index (χ2v) is 3.91. The van der Waals surface area contributed by atoms with Crippen LogP contribution in [0.5, 0.6) is 0 Å². The van der Waals surface area contributed by atoms with Gasteiger partial charge in [-0.15, -0.1) is 0 Å². The smallest absolute Gasteiger partial charge is 0.319 e. The summed E-state index contributed by atoms with van der Waals surface area (Å²) in [5.41, 5.74) is 4.31. The van der Waals surface area contributed by atoms with E-state index in [1.807, 2.05) is 6.07 Å². The fraction of sp³-hybridized carbons (Fsp3) is 0.273. The average Bonchev–Trinajstić information content (AvgIpc) is 2.34. The number of hydrazine groups is 1. The van der Waals surface area contributed by atoms with Crippen LogP contribution < -0.4 is 10.9 Å². The molecule has 1 aromatic carbocycles. The SMILES string of the molecule is N#CCC(C#N)NNc1ccc(C(F)(F)F)cc1Cl. The van der Waals surface area contributed by atoms with E-state index in [4.69, 9.17) is 22.1 Å². The molecule has 4 nitrogen and oxygen atoms in total. The van der Waals surface area contributed by atoms with Gasteiger partial charge in [0.05, 0.1) is 34.8 Å². The van der Waals surface area contributed by atoms with Crippen LogP contribution in [0.4, 0.5) is 18.9 Å². The topological polar surface area (TPSA) is 71.6 Å². The number of rotatable bonds is 4. The van der Waals surface area contributed by atoms with Crippen LogP contribution in [0, 0.1) is 22.7 Å². The summed E-state index contributed by atoms with van der Waals surface area (Å²) in [6.45, 7) is 0.